The lowest BCUT2D eigenvalue weighted by Gasteiger charge is -2.22. The van der Waals surface area contributed by atoms with E-state index in [4.69, 9.17) is 5.11 Å². The number of anilines is 1. The summed E-state index contributed by atoms with van der Waals surface area (Å²) in [6.07, 6.45) is 1.76. The Hall–Kier alpha value is -1.60. The molecule has 0 bridgehead atoms. The lowest BCUT2D eigenvalue weighted by Crippen LogP contribution is -2.39. The third-order valence-electron chi connectivity index (χ3n) is 2.70. The molecule has 0 saturated carbocycles. The molecule has 102 valence electrons. The number of carboxylic acids is 1. The van der Waals surface area contributed by atoms with Crippen molar-refractivity contribution in [3.63, 3.8) is 0 Å². The molecule has 0 aromatic carbocycles. The predicted octanol–water partition coefficient (Wildman–Crippen LogP) is 0.813. The van der Waals surface area contributed by atoms with Crippen LogP contribution < -0.4 is 10.6 Å². The Morgan fingerprint density at radius 1 is 1.53 bits per heavy atom. The Kier molecular flexibility index (Phi) is 4.75. The highest BCUT2D eigenvalue weighted by molar-refractivity contribution is 7.99. The molecule has 1 unspecified atom stereocenters. The smallest absolute Gasteiger partial charge is 0.354 e. The van der Waals surface area contributed by atoms with E-state index in [-0.39, 0.29) is 17.6 Å². The van der Waals surface area contributed by atoms with Crippen LogP contribution in [0.25, 0.3) is 0 Å². The fourth-order valence-corrected chi connectivity index (χ4v) is 2.73. The van der Waals surface area contributed by atoms with Crippen molar-refractivity contribution < 1.29 is 14.7 Å². The molecule has 1 fully saturated rings. The molecule has 6 nitrogen and oxygen atoms in total. The van der Waals surface area contributed by atoms with Gasteiger partial charge in [0.15, 0.2) is 0 Å². The summed E-state index contributed by atoms with van der Waals surface area (Å²) in [5, 5.41) is 14.7. The number of hydrogen-bond donors (Lipinski definition) is 3. The number of hydrogen-bond acceptors (Lipinski definition) is 5. The van der Waals surface area contributed by atoms with Crippen molar-refractivity contribution in [3.05, 3.63) is 24.0 Å². The zero-order valence-corrected chi connectivity index (χ0v) is 11.1. The van der Waals surface area contributed by atoms with E-state index >= 15 is 0 Å². The van der Waals surface area contributed by atoms with Crippen molar-refractivity contribution in [1.82, 2.24) is 10.3 Å². The molecule has 1 aromatic rings. The molecule has 2 heterocycles. The molecular weight excluding hydrogens is 266 g/mol. The van der Waals surface area contributed by atoms with Gasteiger partial charge in [0.25, 0.3) is 0 Å². The van der Waals surface area contributed by atoms with Crippen molar-refractivity contribution in [1.29, 1.82) is 0 Å². The van der Waals surface area contributed by atoms with Gasteiger partial charge >= 0.3 is 5.97 Å². The van der Waals surface area contributed by atoms with Crippen LogP contribution in [0.1, 0.15) is 16.9 Å². The minimum absolute atomic E-state index is 0.0386. The third-order valence-corrected chi connectivity index (χ3v) is 3.83. The van der Waals surface area contributed by atoms with Crippen LogP contribution in [-0.2, 0) is 4.79 Å². The summed E-state index contributed by atoms with van der Waals surface area (Å²) in [5.74, 6) is 0.841. The van der Waals surface area contributed by atoms with Crippen molar-refractivity contribution in [2.75, 3.05) is 23.4 Å². The Labute approximate surface area is 115 Å². The van der Waals surface area contributed by atoms with E-state index in [2.05, 4.69) is 15.6 Å². The molecule has 3 N–H and O–H groups in total. The number of thioether (sulfide) groups is 1. The number of nitrogens with one attached hydrogen (secondary N) is 2. The highest BCUT2D eigenvalue weighted by Gasteiger charge is 2.16. The maximum atomic E-state index is 11.8. The maximum Gasteiger partial charge on any atom is 0.354 e. The first-order valence-electron chi connectivity index (χ1n) is 5.95. The van der Waals surface area contributed by atoms with Crippen LogP contribution in [0.5, 0.6) is 0 Å². The summed E-state index contributed by atoms with van der Waals surface area (Å²) in [7, 11) is 0. The molecule has 0 spiro atoms. The van der Waals surface area contributed by atoms with Gasteiger partial charge in [0.2, 0.25) is 5.91 Å². The van der Waals surface area contributed by atoms with Crippen molar-refractivity contribution in [3.8, 4) is 0 Å². The quantitative estimate of drug-likeness (QED) is 0.756. The van der Waals surface area contributed by atoms with Crippen molar-refractivity contribution in [2.24, 2.45) is 0 Å². The monoisotopic (exact) mass is 281 g/mol. The second-order valence-corrected chi connectivity index (χ2v) is 5.37. The van der Waals surface area contributed by atoms with Crippen LogP contribution >= 0.6 is 11.8 Å². The summed E-state index contributed by atoms with van der Waals surface area (Å²) < 4.78 is 0. The molecule has 1 atom stereocenters. The van der Waals surface area contributed by atoms with Gasteiger partial charge in [-0.3, -0.25) is 4.79 Å². The van der Waals surface area contributed by atoms with E-state index in [0.717, 1.165) is 18.1 Å². The van der Waals surface area contributed by atoms with Gasteiger partial charge in [-0.05, 0) is 12.1 Å². The second kappa shape index (κ2) is 6.53. The fraction of sp³-hybridized carbons (Fsp3) is 0.417. The molecule has 0 aliphatic carbocycles. The van der Waals surface area contributed by atoms with Crippen molar-refractivity contribution in [2.45, 2.75) is 12.5 Å². The van der Waals surface area contributed by atoms with Gasteiger partial charge < -0.3 is 15.7 Å². The molecule has 1 aromatic heterocycles. The normalized spacial score (nSPS) is 18.8. The number of nitrogens with zero attached hydrogens (tertiary/aromatic N) is 1. The van der Waals surface area contributed by atoms with Crippen LogP contribution in [0.3, 0.4) is 0 Å². The zero-order valence-electron chi connectivity index (χ0n) is 10.3. The van der Waals surface area contributed by atoms with Gasteiger partial charge in [-0.1, -0.05) is 0 Å². The number of aromatic nitrogens is 1. The minimum Gasteiger partial charge on any atom is -0.477 e. The van der Waals surface area contributed by atoms with E-state index in [0.29, 0.717) is 12.1 Å². The number of carboxylic acid groups (broad SMARTS) is 1. The minimum atomic E-state index is -1.08. The highest BCUT2D eigenvalue weighted by atomic mass is 32.2. The third kappa shape index (κ3) is 4.22. The zero-order chi connectivity index (χ0) is 13.7. The summed E-state index contributed by atoms with van der Waals surface area (Å²) in [6.45, 7) is 0.928. The van der Waals surface area contributed by atoms with Crippen molar-refractivity contribution >= 4 is 29.3 Å². The molecule has 1 amide bonds. The van der Waals surface area contributed by atoms with Crippen LogP contribution in [0.2, 0.25) is 0 Å². The Morgan fingerprint density at radius 2 is 2.37 bits per heavy atom. The first-order valence-corrected chi connectivity index (χ1v) is 7.11. The molecule has 19 heavy (non-hydrogen) atoms. The van der Waals surface area contributed by atoms with E-state index in [9.17, 15) is 9.59 Å². The van der Waals surface area contributed by atoms with E-state index in [1.807, 2.05) is 11.8 Å². The molecular formula is C12H15N3O3S. The van der Waals surface area contributed by atoms with Gasteiger partial charge in [-0.15, -0.1) is 0 Å². The Bertz CT molecular complexity index is 458. The average molecular weight is 281 g/mol. The number of amides is 1. The molecule has 1 saturated heterocycles. The first-order chi connectivity index (χ1) is 9.15. The van der Waals surface area contributed by atoms with E-state index in [1.54, 1.807) is 0 Å². The molecule has 0 radical (unpaired) electrons. The maximum absolute atomic E-state index is 11.8. The largest absolute Gasteiger partial charge is 0.477 e. The van der Waals surface area contributed by atoms with E-state index in [1.165, 1.54) is 18.3 Å². The number of carbonyl (C=O) groups excluding carboxylic acids is 1. The van der Waals surface area contributed by atoms with Gasteiger partial charge in [0, 0.05) is 30.5 Å². The summed E-state index contributed by atoms with van der Waals surface area (Å²) in [5.41, 5.74) is 0.474. The predicted molar refractivity (Wildman–Crippen MR) is 73.6 cm³/mol. The average Bonchev–Trinajstić information content (AvgIpc) is 2.40. The van der Waals surface area contributed by atoms with Gasteiger partial charge in [0.05, 0.1) is 11.9 Å². The molecule has 1 aliphatic rings. The fourth-order valence-electron chi connectivity index (χ4n) is 1.78. The standard InChI is InChI=1S/C12H15N3O3S/c16-11(5-9-7-19-4-3-13-9)15-8-1-2-10(12(17)18)14-6-8/h1-2,6,9,13H,3-5,7H2,(H,15,16)(H,17,18). The van der Waals surface area contributed by atoms with E-state index < -0.39 is 5.97 Å². The lowest BCUT2D eigenvalue weighted by molar-refractivity contribution is -0.116. The van der Waals surface area contributed by atoms with Gasteiger partial charge in [-0.25, -0.2) is 9.78 Å². The van der Waals surface area contributed by atoms with Crippen LogP contribution in [0.4, 0.5) is 5.69 Å². The van der Waals surface area contributed by atoms with Gasteiger partial charge in [0.1, 0.15) is 5.69 Å². The van der Waals surface area contributed by atoms with Crippen LogP contribution in [0.15, 0.2) is 18.3 Å². The summed E-state index contributed by atoms with van der Waals surface area (Å²) >= 11 is 1.84. The molecule has 2 rings (SSSR count). The number of carbonyl (C=O) groups is 2. The number of aromatic carboxylic acids is 1. The van der Waals surface area contributed by atoms with Crippen LogP contribution in [0, 0.1) is 0 Å². The second-order valence-electron chi connectivity index (χ2n) is 4.22. The summed E-state index contributed by atoms with van der Waals surface area (Å²) in [6, 6.07) is 3.11. The SMILES string of the molecule is O=C(CC1CSCCN1)Nc1ccc(C(=O)O)nc1. The molecule has 7 heteroatoms. The number of rotatable bonds is 4. The topological polar surface area (TPSA) is 91.3 Å². The first kappa shape index (κ1) is 13.8. The van der Waals surface area contributed by atoms with Crippen LogP contribution in [-0.4, -0.2) is 46.1 Å². The Morgan fingerprint density at radius 3 is 2.95 bits per heavy atom. The van der Waals surface area contributed by atoms with Gasteiger partial charge in [-0.2, -0.15) is 11.8 Å². The number of pyridine rings is 1. The summed E-state index contributed by atoms with van der Waals surface area (Å²) in [4.78, 5) is 26.2. The lowest BCUT2D eigenvalue weighted by atomic mass is 10.2. The Balaban J connectivity index is 1.85. The molecule has 1 aliphatic heterocycles. The highest BCUT2D eigenvalue weighted by Crippen LogP contribution is 2.12.